The molecule has 148 valence electrons. The molecule has 8 nitrogen and oxygen atoms in total. The molecule has 0 unspecified atom stereocenters. The van der Waals surface area contributed by atoms with Gasteiger partial charge in [-0.1, -0.05) is 12.1 Å². The molecule has 0 bridgehead atoms. The fourth-order valence-electron chi connectivity index (χ4n) is 3.74. The first kappa shape index (κ1) is 18.5. The number of likely N-dealkylation sites (N-methyl/N-ethyl adjacent to an activating group) is 1. The van der Waals surface area contributed by atoms with Crippen molar-refractivity contribution in [2.75, 3.05) is 45.8 Å². The van der Waals surface area contributed by atoms with E-state index in [4.69, 9.17) is 16.2 Å². The van der Waals surface area contributed by atoms with Crippen LogP contribution < -0.4 is 16.2 Å². The molecule has 0 saturated carbocycles. The first-order chi connectivity index (χ1) is 13.4. The standard InChI is InChI=1S/C20H27N7O/c1-25(2)15-11-26(12-15)9-13-4-5-14(17(8-13)28-3)10-27-7-6-16-18(27)19(21)24-20(22)23-16/h4-8,15H,9-12H2,1-3H3,(H4,21,22,23,24). The van der Waals surface area contributed by atoms with Gasteiger partial charge in [0.25, 0.3) is 0 Å². The molecule has 4 N–H and O–H groups in total. The molecule has 0 atom stereocenters. The van der Waals surface area contributed by atoms with Gasteiger partial charge in [-0.3, -0.25) is 4.90 Å². The van der Waals surface area contributed by atoms with Crippen LogP contribution in [0.3, 0.4) is 0 Å². The number of aromatic nitrogens is 3. The van der Waals surface area contributed by atoms with E-state index >= 15 is 0 Å². The summed E-state index contributed by atoms with van der Waals surface area (Å²) in [6, 6.07) is 8.98. The van der Waals surface area contributed by atoms with Crippen molar-refractivity contribution in [2.24, 2.45) is 0 Å². The molecule has 8 heteroatoms. The van der Waals surface area contributed by atoms with Crippen LogP contribution in [0.4, 0.5) is 11.8 Å². The number of nitrogens with two attached hydrogens (primary N) is 2. The predicted octanol–water partition coefficient (Wildman–Crippen LogP) is 1.40. The third-order valence-electron chi connectivity index (χ3n) is 5.42. The summed E-state index contributed by atoms with van der Waals surface area (Å²) in [6.45, 7) is 3.77. The molecule has 3 heterocycles. The smallest absolute Gasteiger partial charge is 0.222 e. The first-order valence-electron chi connectivity index (χ1n) is 9.37. The van der Waals surface area contributed by atoms with Crippen LogP contribution in [0.15, 0.2) is 30.5 Å². The van der Waals surface area contributed by atoms with Gasteiger partial charge >= 0.3 is 0 Å². The predicted molar refractivity (Wildman–Crippen MR) is 111 cm³/mol. The minimum Gasteiger partial charge on any atom is -0.496 e. The third kappa shape index (κ3) is 3.48. The molecule has 2 aromatic heterocycles. The van der Waals surface area contributed by atoms with Gasteiger partial charge in [-0.15, -0.1) is 0 Å². The Labute approximate surface area is 164 Å². The SMILES string of the molecule is COc1cc(CN2CC(N(C)C)C2)ccc1Cn1ccc2nc(N)nc(N)c21. The zero-order valence-electron chi connectivity index (χ0n) is 16.6. The lowest BCUT2D eigenvalue weighted by molar-refractivity contribution is 0.0573. The quantitative estimate of drug-likeness (QED) is 0.666. The molecule has 0 amide bonds. The zero-order valence-corrected chi connectivity index (χ0v) is 16.6. The van der Waals surface area contributed by atoms with E-state index in [-0.39, 0.29) is 5.95 Å². The van der Waals surface area contributed by atoms with Crippen LogP contribution in [-0.2, 0) is 13.1 Å². The Kier molecular flexibility index (Phi) is 4.82. The highest BCUT2D eigenvalue weighted by atomic mass is 16.5. The zero-order chi connectivity index (χ0) is 19.8. The van der Waals surface area contributed by atoms with Crippen LogP contribution in [0.2, 0.25) is 0 Å². The number of hydrogen-bond donors (Lipinski definition) is 2. The van der Waals surface area contributed by atoms with E-state index in [0.29, 0.717) is 18.4 Å². The molecule has 1 aromatic carbocycles. The Bertz CT molecular complexity index is 992. The van der Waals surface area contributed by atoms with Crippen molar-refractivity contribution in [3.8, 4) is 5.75 Å². The second-order valence-electron chi connectivity index (χ2n) is 7.60. The maximum atomic E-state index is 6.07. The van der Waals surface area contributed by atoms with Crippen LogP contribution in [0.25, 0.3) is 11.0 Å². The number of ether oxygens (including phenoxy) is 1. The summed E-state index contributed by atoms with van der Waals surface area (Å²) in [5.74, 6) is 1.45. The summed E-state index contributed by atoms with van der Waals surface area (Å²) in [5, 5.41) is 0. The number of methoxy groups -OCH3 is 1. The molecule has 1 aliphatic rings. The van der Waals surface area contributed by atoms with Crippen molar-refractivity contribution in [1.82, 2.24) is 24.3 Å². The highest BCUT2D eigenvalue weighted by Crippen LogP contribution is 2.27. The molecular formula is C20H27N7O. The van der Waals surface area contributed by atoms with Crippen molar-refractivity contribution >= 4 is 22.8 Å². The molecule has 0 aliphatic carbocycles. The van der Waals surface area contributed by atoms with Crippen molar-refractivity contribution < 1.29 is 4.74 Å². The summed E-state index contributed by atoms with van der Waals surface area (Å²) in [7, 11) is 5.98. The van der Waals surface area contributed by atoms with Crippen molar-refractivity contribution in [3.63, 3.8) is 0 Å². The number of nitrogen functional groups attached to an aromatic ring is 2. The molecule has 0 spiro atoms. The first-order valence-corrected chi connectivity index (χ1v) is 9.37. The summed E-state index contributed by atoms with van der Waals surface area (Å²) < 4.78 is 7.69. The number of nitrogens with zero attached hydrogens (tertiary/aromatic N) is 5. The molecule has 1 aliphatic heterocycles. The molecular weight excluding hydrogens is 354 g/mol. The highest BCUT2D eigenvalue weighted by Gasteiger charge is 2.28. The van der Waals surface area contributed by atoms with Crippen LogP contribution in [0.1, 0.15) is 11.1 Å². The maximum absolute atomic E-state index is 6.07. The second-order valence-corrected chi connectivity index (χ2v) is 7.60. The second kappa shape index (κ2) is 7.29. The van der Waals surface area contributed by atoms with E-state index in [9.17, 15) is 0 Å². The molecule has 0 radical (unpaired) electrons. The van der Waals surface area contributed by atoms with E-state index in [1.165, 1.54) is 5.56 Å². The Balaban J connectivity index is 1.53. The topological polar surface area (TPSA) is 98.5 Å². The van der Waals surface area contributed by atoms with E-state index in [1.54, 1.807) is 7.11 Å². The fourth-order valence-corrected chi connectivity index (χ4v) is 3.74. The minimum absolute atomic E-state index is 0.187. The van der Waals surface area contributed by atoms with Gasteiger partial charge in [-0.2, -0.15) is 4.98 Å². The molecule has 1 fully saturated rings. The van der Waals surface area contributed by atoms with Crippen molar-refractivity contribution in [2.45, 2.75) is 19.1 Å². The Hall–Kier alpha value is -2.84. The molecule has 1 saturated heterocycles. The van der Waals surface area contributed by atoms with E-state index in [0.717, 1.165) is 42.0 Å². The van der Waals surface area contributed by atoms with Crippen LogP contribution in [-0.4, -0.2) is 64.7 Å². The Morgan fingerprint density at radius 2 is 1.93 bits per heavy atom. The van der Waals surface area contributed by atoms with Crippen molar-refractivity contribution in [1.29, 1.82) is 0 Å². The monoisotopic (exact) mass is 381 g/mol. The summed E-state index contributed by atoms with van der Waals surface area (Å²) >= 11 is 0. The average molecular weight is 381 g/mol. The summed E-state index contributed by atoms with van der Waals surface area (Å²) in [6.07, 6.45) is 1.95. The van der Waals surface area contributed by atoms with Crippen LogP contribution in [0.5, 0.6) is 5.75 Å². The normalized spacial score (nSPS) is 15.3. The molecule has 4 rings (SSSR count). The van der Waals surface area contributed by atoms with Gasteiger partial charge in [0.2, 0.25) is 5.95 Å². The maximum Gasteiger partial charge on any atom is 0.222 e. The van der Waals surface area contributed by atoms with Crippen LogP contribution in [0, 0.1) is 0 Å². The number of likely N-dealkylation sites (tertiary alicyclic amines) is 1. The van der Waals surface area contributed by atoms with Gasteiger partial charge in [0.1, 0.15) is 11.3 Å². The van der Waals surface area contributed by atoms with Gasteiger partial charge in [-0.25, -0.2) is 4.98 Å². The number of benzene rings is 1. The van der Waals surface area contributed by atoms with Gasteiger partial charge < -0.3 is 25.7 Å². The molecule has 28 heavy (non-hydrogen) atoms. The van der Waals surface area contributed by atoms with Gasteiger partial charge in [0, 0.05) is 37.4 Å². The number of fused-ring (bicyclic) bond motifs is 1. The van der Waals surface area contributed by atoms with E-state index < -0.39 is 0 Å². The van der Waals surface area contributed by atoms with E-state index in [2.05, 4.69) is 52.1 Å². The fraction of sp³-hybridized carbons (Fsp3) is 0.400. The lowest BCUT2D eigenvalue weighted by Gasteiger charge is -2.42. The Morgan fingerprint density at radius 3 is 2.64 bits per heavy atom. The lowest BCUT2D eigenvalue weighted by Crippen LogP contribution is -2.56. The van der Waals surface area contributed by atoms with Gasteiger partial charge in [0.15, 0.2) is 5.82 Å². The third-order valence-corrected chi connectivity index (χ3v) is 5.42. The number of anilines is 2. The molecule has 3 aromatic rings. The van der Waals surface area contributed by atoms with Gasteiger partial charge in [0.05, 0.1) is 19.2 Å². The van der Waals surface area contributed by atoms with Crippen LogP contribution >= 0.6 is 0 Å². The average Bonchev–Trinajstić information content (AvgIpc) is 3.01. The Morgan fingerprint density at radius 1 is 1.14 bits per heavy atom. The number of rotatable bonds is 6. The lowest BCUT2D eigenvalue weighted by atomic mass is 10.0. The minimum atomic E-state index is 0.187. The van der Waals surface area contributed by atoms with Crippen molar-refractivity contribution in [3.05, 3.63) is 41.6 Å². The summed E-state index contributed by atoms with van der Waals surface area (Å²) in [5.41, 5.74) is 15.6. The highest BCUT2D eigenvalue weighted by molar-refractivity contribution is 5.86. The number of hydrogen-bond acceptors (Lipinski definition) is 7. The summed E-state index contributed by atoms with van der Waals surface area (Å²) in [4.78, 5) is 13.1. The van der Waals surface area contributed by atoms with E-state index in [1.807, 2.05) is 16.8 Å². The van der Waals surface area contributed by atoms with Gasteiger partial charge in [-0.05, 0) is 31.8 Å². The largest absolute Gasteiger partial charge is 0.496 e.